The smallest absolute Gasteiger partial charge is 0.220 e. The largest absolute Gasteiger partial charge is 0.497 e. The minimum Gasteiger partial charge on any atom is -0.497 e. The molecule has 0 saturated heterocycles. The van der Waals surface area contributed by atoms with Gasteiger partial charge in [0.05, 0.1) is 22.3 Å². The molecule has 1 N–H and O–H groups in total. The number of nitrogens with one attached hydrogen (secondary N) is 1. The first kappa shape index (κ1) is 16.5. The predicted molar refractivity (Wildman–Crippen MR) is 97.4 cm³/mol. The lowest BCUT2D eigenvalue weighted by atomic mass is 10.2. The van der Waals surface area contributed by atoms with E-state index in [-0.39, 0.29) is 5.91 Å². The van der Waals surface area contributed by atoms with Gasteiger partial charge in [-0.1, -0.05) is 24.3 Å². The van der Waals surface area contributed by atoms with Gasteiger partial charge in [0.15, 0.2) is 0 Å². The molecule has 0 radical (unpaired) electrons. The van der Waals surface area contributed by atoms with Crippen molar-refractivity contribution in [3.05, 3.63) is 59.1 Å². The van der Waals surface area contributed by atoms with Crippen LogP contribution < -0.4 is 10.1 Å². The Labute approximate surface area is 145 Å². The standard InChI is InChI=1S/C19H20N2O2S/c1-23-15-7-4-6-14(12-15)13-20-18(22)10-5-11-19-21-16-8-2-3-9-17(16)24-19/h2-4,6-9,12H,5,10-11,13H2,1H3,(H,20,22). The van der Waals surface area contributed by atoms with Crippen LogP contribution in [0, 0.1) is 0 Å². The molecule has 0 fully saturated rings. The number of carbonyl (C=O) groups is 1. The molecule has 1 amide bonds. The van der Waals surface area contributed by atoms with E-state index in [1.807, 2.05) is 42.5 Å². The van der Waals surface area contributed by atoms with Crippen LogP contribution in [0.3, 0.4) is 0 Å². The van der Waals surface area contributed by atoms with Crippen molar-refractivity contribution >= 4 is 27.5 Å². The van der Waals surface area contributed by atoms with Gasteiger partial charge in [0.2, 0.25) is 5.91 Å². The fourth-order valence-electron chi connectivity index (χ4n) is 2.50. The van der Waals surface area contributed by atoms with Gasteiger partial charge in [-0.3, -0.25) is 4.79 Å². The third-order valence-electron chi connectivity index (χ3n) is 3.76. The third-order valence-corrected chi connectivity index (χ3v) is 4.85. The number of amides is 1. The highest BCUT2D eigenvalue weighted by Crippen LogP contribution is 2.22. The van der Waals surface area contributed by atoms with Gasteiger partial charge >= 0.3 is 0 Å². The Kier molecular flexibility index (Phi) is 5.43. The van der Waals surface area contributed by atoms with E-state index in [9.17, 15) is 4.79 Å². The molecule has 24 heavy (non-hydrogen) atoms. The topological polar surface area (TPSA) is 51.2 Å². The van der Waals surface area contributed by atoms with Crippen molar-refractivity contribution in [2.45, 2.75) is 25.8 Å². The fourth-order valence-corrected chi connectivity index (χ4v) is 3.51. The molecule has 5 heteroatoms. The molecule has 4 nitrogen and oxygen atoms in total. The van der Waals surface area contributed by atoms with E-state index in [2.05, 4.69) is 16.4 Å². The second kappa shape index (κ2) is 7.93. The number of methoxy groups -OCH3 is 1. The highest BCUT2D eigenvalue weighted by molar-refractivity contribution is 7.18. The van der Waals surface area contributed by atoms with Gasteiger partial charge in [-0.15, -0.1) is 11.3 Å². The lowest BCUT2D eigenvalue weighted by molar-refractivity contribution is -0.121. The number of thiazole rings is 1. The minimum absolute atomic E-state index is 0.0685. The van der Waals surface area contributed by atoms with E-state index in [1.54, 1.807) is 18.4 Å². The Morgan fingerprint density at radius 2 is 2.08 bits per heavy atom. The highest BCUT2D eigenvalue weighted by Gasteiger charge is 2.06. The number of para-hydroxylation sites is 1. The molecular weight excluding hydrogens is 320 g/mol. The Bertz CT molecular complexity index is 796. The molecule has 0 bridgehead atoms. The molecule has 0 aliphatic rings. The van der Waals surface area contributed by atoms with Crippen molar-refractivity contribution in [3.8, 4) is 5.75 Å². The van der Waals surface area contributed by atoms with Crippen molar-refractivity contribution in [1.29, 1.82) is 0 Å². The number of ether oxygens (including phenoxy) is 1. The minimum atomic E-state index is 0.0685. The van der Waals surface area contributed by atoms with E-state index in [1.165, 1.54) is 4.70 Å². The summed E-state index contributed by atoms with van der Waals surface area (Å²) in [6.45, 7) is 0.525. The molecule has 1 heterocycles. The summed E-state index contributed by atoms with van der Waals surface area (Å²) in [5, 5.41) is 4.05. The zero-order chi connectivity index (χ0) is 16.8. The van der Waals surface area contributed by atoms with E-state index in [0.717, 1.165) is 34.7 Å². The second-order valence-corrected chi connectivity index (χ2v) is 6.67. The number of fused-ring (bicyclic) bond motifs is 1. The summed E-state index contributed by atoms with van der Waals surface area (Å²) in [5.74, 6) is 0.872. The maximum atomic E-state index is 12.0. The summed E-state index contributed by atoms with van der Waals surface area (Å²) in [4.78, 5) is 16.6. The van der Waals surface area contributed by atoms with E-state index < -0.39 is 0 Å². The van der Waals surface area contributed by atoms with Gasteiger partial charge in [-0.05, 0) is 42.7 Å². The molecule has 0 saturated carbocycles. The van der Waals surface area contributed by atoms with Crippen LogP contribution in [0.15, 0.2) is 48.5 Å². The van der Waals surface area contributed by atoms with Gasteiger partial charge in [0.25, 0.3) is 0 Å². The first-order valence-electron chi connectivity index (χ1n) is 7.98. The lowest BCUT2D eigenvalue weighted by Gasteiger charge is -2.06. The number of aromatic nitrogens is 1. The number of hydrogen-bond acceptors (Lipinski definition) is 4. The summed E-state index contributed by atoms with van der Waals surface area (Å²) < 4.78 is 6.39. The number of aryl methyl sites for hydroxylation is 1. The number of carbonyl (C=O) groups excluding carboxylic acids is 1. The molecule has 0 aliphatic carbocycles. The molecule has 124 valence electrons. The van der Waals surface area contributed by atoms with Crippen LogP contribution in [0.1, 0.15) is 23.4 Å². The normalized spacial score (nSPS) is 10.7. The summed E-state index contributed by atoms with van der Waals surface area (Å²) in [6, 6.07) is 15.9. The van der Waals surface area contributed by atoms with Crippen molar-refractivity contribution in [2.24, 2.45) is 0 Å². The zero-order valence-corrected chi connectivity index (χ0v) is 14.4. The summed E-state index contributed by atoms with van der Waals surface area (Å²) in [5.41, 5.74) is 2.08. The Morgan fingerprint density at radius 3 is 2.92 bits per heavy atom. The zero-order valence-electron chi connectivity index (χ0n) is 13.6. The molecule has 0 aliphatic heterocycles. The van der Waals surface area contributed by atoms with Crippen molar-refractivity contribution in [3.63, 3.8) is 0 Å². The van der Waals surface area contributed by atoms with Crippen LogP contribution in [0.2, 0.25) is 0 Å². The number of nitrogens with zero attached hydrogens (tertiary/aromatic N) is 1. The monoisotopic (exact) mass is 340 g/mol. The highest BCUT2D eigenvalue weighted by atomic mass is 32.1. The first-order chi connectivity index (χ1) is 11.7. The Balaban J connectivity index is 1.43. The predicted octanol–water partition coefficient (Wildman–Crippen LogP) is 3.94. The number of benzene rings is 2. The quantitative estimate of drug-likeness (QED) is 0.709. The van der Waals surface area contributed by atoms with Gasteiger partial charge in [-0.25, -0.2) is 4.98 Å². The molecule has 1 aromatic heterocycles. The van der Waals surface area contributed by atoms with Crippen LogP contribution in [-0.4, -0.2) is 18.0 Å². The van der Waals surface area contributed by atoms with Gasteiger partial charge in [0.1, 0.15) is 5.75 Å². The maximum Gasteiger partial charge on any atom is 0.220 e. The molecule has 0 spiro atoms. The average molecular weight is 340 g/mol. The average Bonchev–Trinajstić information content (AvgIpc) is 3.03. The first-order valence-corrected chi connectivity index (χ1v) is 8.80. The number of hydrogen-bond donors (Lipinski definition) is 1. The third kappa shape index (κ3) is 4.32. The van der Waals surface area contributed by atoms with Crippen LogP contribution in [0.5, 0.6) is 5.75 Å². The lowest BCUT2D eigenvalue weighted by Crippen LogP contribution is -2.22. The Morgan fingerprint density at radius 1 is 1.21 bits per heavy atom. The summed E-state index contributed by atoms with van der Waals surface area (Å²) >= 11 is 1.71. The summed E-state index contributed by atoms with van der Waals surface area (Å²) in [6.07, 6.45) is 2.16. The van der Waals surface area contributed by atoms with E-state index in [4.69, 9.17) is 4.74 Å². The molecule has 0 unspecified atom stereocenters. The van der Waals surface area contributed by atoms with Crippen molar-refractivity contribution < 1.29 is 9.53 Å². The molecule has 3 rings (SSSR count). The van der Waals surface area contributed by atoms with Gasteiger partial charge < -0.3 is 10.1 Å². The van der Waals surface area contributed by atoms with Crippen LogP contribution in [-0.2, 0) is 17.8 Å². The van der Waals surface area contributed by atoms with Crippen LogP contribution in [0.25, 0.3) is 10.2 Å². The van der Waals surface area contributed by atoms with Crippen molar-refractivity contribution in [2.75, 3.05) is 7.11 Å². The maximum absolute atomic E-state index is 12.0. The fraction of sp³-hybridized carbons (Fsp3) is 0.263. The van der Waals surface area contributed by atoms with Gasteiger partial charge in [-0.2, -0.15) is 0 Å². The number of rotatable bonds is 7. The van der Waals surface area contributed by atoms with E-state index >= 15 is 0 Å². The molecular formula is C19H20N2O2S. The van der Waals surface area contributed by atoms with Crippen molar-refractivity contribution in [1.82, 2.24) is 10.3 Å². The SMILES string of the molecule is COc1cccc(CNC(=O)CCCc2nc3ccccc3s2)c1. The van der Waals surface area contributed by atoms with Crippen LogP contribution in [0.4, 0.5) is 0 Å². The molecule has 3 aromatic rings. The molecule has 0 atom stereocenters. The van der Waals surface area contributed by atoms with E-state index in [0.29, 0.717) is 13.0 Å². The summed E-state index contributed by atoms with van der Waals surface area (Å²) in [7, 11) is 1.64. The van der Waals surface area contributed by atoms with Gasteiger partial charge in [0, 0.05) is 13.0 Å². The van der Waals surface area contributed by atoms with Crippen LogP contribution >= 0.6 is 11.3 Å². The Hall–Kier alpha value is -2.40. The molecule has 2 aromatic carbocycles. The second-order valence-electron chi connectivity index (χ2n) is 5.56.